The van der Waals surface area contributed by atoms with E-state index < -0.39 is 25.4 Å². The van der Waals surface area contributed by atoms with Gasteiger partial charge in [-0.25, -0.2) is 0 Å². The van der Waals surface area contributed by atoms with Crippen LogP contribution in [0.5, 0.6) is 17.2 Å². The Labute approximate surface area is 128 Å². The molecule has 0 aliphatic carbocycles. The van der Waals surface area contributed by atoms with Crippen molar-refractivity contribution in [1.29, 1.82) is 0 Å². The fraction of sp³-hybridized carbons (Fsp3) is 0.400. The second kappa shape index (κ2) is 8.38. The molecule has 0 radical (unpaired) electrons. The molecular formula is C15H21NO6. The van der Waals surface area contributed by atoms with Crippen LogP contribution >= 0.6 is 0 Å². The molecule has 0 aromatic heterocycles. The molecule has 0 atom stereocenters. The van der Waals surface area contributed by atoms with Crippen molar-refractivity contribution in [2.75, 3.05) is 34.0 Å². The molecule has 122 valence electrons. The summed E-state index contributed by atoms with van der Waals surface area (Å²) in [6.07, 6.45) is 4.61. The average Bonchev–Trinajstić information content (AvgIpc) is 2.56. The number of aliphatic hydroxyl groups excluding tert-OH is 3. The third-order valence-electron chi connectivity index (χ3n) is 3.11. The van der Waals surface area contributed by atoms with E-state index in [1.807, 2.05) is 0 Å². The molecule has 1 aromatic rings. The number of aliphatic imine (C=N–C) groups is 1. The van der Waals surface area contributed by atoms with Crippen molar-refractivity contribution in [3.05, 3.63) is 23.8 Å². The number of phenols is 1. The molecule has 7 heteroatoms. The standard InChI is InChI=1S/C15H21NO6/c1-21-12-6-11(7-13(22-2)14(12)20)4-3-5-16-15(8-17,9-18)10-19/h3-7,17-20H,8-10H2,1-2H3/b4-3+,16-5-. The van der Waals surface area contributed by atoms with Crippen molar-refractivity contribution in [3.63, 3.8) is 0 Å². The van der Waals surface area contributed by atoms with Crippen molar-refractivity contribution < 1.29 is 29.9 Å². The highest BCUT2D eigenvalue weighted by Crippen LogP contribution is 2.37. The van der Waals surface area contributed by atoms with Gasteiger partial charge in [-0.3, -0.25) is 4.99 Å². The summed E-state index contributed by atoms with van der Waals surface area (Å²) in [7, 11) is 2.86. The lowest BCUT2D eigenvalue weighted by atomic mass is 10.1. The molecule has 0 spiro atoms. The average molecular weight is 311 g/mol. The SMILES string of the molecule is COc1cc(/C=C/C=N\C(CO)(CO)CO)cc(OC)c1O. The van der Waals surface area contributed by atoms with Crippen LogP contribution in [-0.2, 0) is 0 Å². The smallest absolute Gasteiger partial charge is 0.200 e. The van der Waals surface area contributed by atoms with Gasteiger partial charge in [-0.1, -0.05) is 6.08 Å². The zero-order valence-electron chi connectivity index (χ0n) is 12.6. The molecule has 22 heavy (non-hydrogen) atoms. The summed E-state index contributed by atoms with van der Waals surface area (Å²) < 4.78 is 10.1. The maximum atomic E-state index is 9.80. The summed E-state index contributed by atoms with van der Waals surface area (Å²) in [5.74, 6) is 0.452. The zero-order valence-corrected chi connectivity index (χ0v) is 12.6. The van der Waals surface area contributed by atoms with E-state index in [2.05, 4.69) is 4.99 Å². The second-order valence-electron chi connectivity index (χ2n) is 4.61. The fourth-order valence-corrected chi connectivity index (χ4v) is 1.64. The van der Waals surface area contributed by atoms with Crippen molar-refractivity contribution in [3.8, 4) is 17.2 Å². The number of ether oxygens (including phenoxy) is 2. The van der Waals surface area contributed by atoms with E-state index in [4.69, 9.17) is 24.8 Å². The summed E-state index contributed by atoms with van der Waals surface area (Å²) >= 11 is 0. The lowest BCUT2D eigenvalue weighted by Crippen LogP contribution is -2.39. The summed E-state index contributed by atoms with van der Waals surface area (Å²) in [5.41, 5.74) is -0.602. The van der Waals surface area contributed by atoms with Crippen LogP contribution < -0.4 is 9.47 Å². The van der Waals surface area contributed by atoms with Gasteiger partial charge in [0.25, 0.3) is 0 Å². The van der Waals surface area contributed by atoms with Crippen molar-refractivity contribution >= 4 is 12.3 Å². The van der Waals surface area contributed by atoms with Crippen LogP contribution in [0.2, 0.25) is 0 Å². The Morgan fingerprint density at radius 3 is 1.95 bits per heavy atom. The molecule has 7 nitrogen and oxygen atoms in total. The predicted octanol–water partition coefficient (Wildman–Crippen LogP) is 0.209. The third kappa shape index (κ3) is 4.20. The number of aromatic hydroxyl groups is 1. The highest BCUT2D eigenvalue weighted by atomic mass is 16.5. The minimum absolute atomic E-state index is 0.0873. The van der Waals surface area contributed by atoms with E-state index in [0.717, 1.165) is 0 Å². The van der Waals surface area contributed by atoms with Gasteiger partial charge in [0.15, 0.2) is 11.5 Å². The van der Waals surface area contributed by atoms with Crippen molar-refractivity contribution in [1.82, 2.24) is 0 Å². The number of benzene rings is 1. The molecule has 0 fully saturated rings. The van der Waals surface area contributed by atoms with Gasteiger partial charge in [0.05, 0.1) is 34.0 Å². The quantitative estimate of drug-likeness (QED) is 0.511. The van der Waals surface area contributed by atoms with Crippen LogP contribution in [0.4, 0.5) is 0 Å². The molecule has 0 amide bonds. The van der Waals surface area contributed by atoms with E-state index in [9.17, 15) is 5.11 Å². The number of rotatable bonds is 8. The largest absolute Gasteiger partial charge is 0.502 e. The molecule has 1 aromatic carbocycles. The van der Waals surface area contributed by atoms with Gasteiger partial charge >= 0.3 is 0 Å². The minimum atomic E-state index is -1.30. The van der Waals surface area contributed by atoms with Crippen molar-refractivity contribution in [2.45, 2.75) is 5.54 Å². The summed E-state index contributed by atoms with van der Waals surface area (Å²) in [5, 5.41) is 37.2. The van der Waals surface area contributed by atoms with E-state index in [1.54, 1.807) is 24.3 Å². The first kappa shape index (κ1) is 18.0. The summed E-state index contributed by atoms with van der Waals surface area (Å²) in [6, 6.07) is 3.22. The number of hydrogen-bond donors (Lipinski definition) is 4. The van der Waals surface area contributed by atoms with E-state index >= 15 is 0 Å². The predicted molar refractivity (Wildman–Crippen MR) is 82.7 cm³/mol. The molecule has 4 N–H and O–H groups in total. The first-order chi connectivity index (χ1) is 10.6. The molecule has 0 saturated carbocycles. The lowest BCUT2D eigenvalue weighted by Gasteiger charge is -2.21. The Hall–Kier alpha value is -2.09. The number of phenolic OH excluding ortho intramolecular Hbond substituents is 1. The number of hydrogen-bond acceptors (Lipinski definition) is 7. The van der Waals surface area contributed by atoms with Crippen LogP contribution in [-0.4, -0.2) is 66.2 Å². The number of nitrogens with zero attached hydrogens (tertiary/aromatic N) is 1. The van der Waals surface area contributed by atoms with E-state index in [0.29, 0.717) is 5.56 Å². The summed E-state index contributed by atoms with van der Waals surface area (Å²) in [4.78, 5) is 3.95. The first-order valence-electron chi connectivity index (χ1n) is 6.55. The van der Waals surface area contributed by atoms with Gasteiger partial charge in [0.2, 0.25) is 5.75 Å². The maximum Gasteiger partial charge on any atom is 0.200 e. The highest BCUT2D eigenvalue weighted by molar-refractivity contribution is 5.79. The van der Waals surface area contributed by atoms with E-state index in [-0.39, 0.29) is 17.2 Å². The molecule has 0 aliphatic heterocycles. The normalized spacial score (nSPS) is 12.2. The van der Waals surface area contributed by atoms with Gasteiger partial charge in [-0.15, -0.1) is 0 Å². The second-order valence-corrected chi connectivity index (χ2v) is 4.61. The van der Waals surface area contributed by atoms with Gasteiger partial charge in [0.1, 0.15) is 5.54 Å². The number of aliphatic hydroxyl groups is 3. The van der Waals surface area contributed by atoms with Crippen LogP contribution in [0.15, 0.2) is 23.2 Å². The topological polar surface area (TPSA) is 112 Å². The summed E-state index contributed by atoms with van der Waals surface area (Å²) in [6.45, 7) is -1.40. The van der Waals surface area contributed by atoms with Crippen LogP contribution in [0, 0.1) is 0 Å². The molecule has 0 heterocycles. The molecule has 0 unspecified atom stereocenters. The van der Waals surface area contributed by atoms with E-state index in [1.165, 1.54) is 20.4 Å². The van der Waals surface area contributed by atoms with Crippen LogP contribution in [0.1, 0.15) is 5.56 Å². The monoisotopic (exact) mass is 311 g/mol. The zero-order chi connectivity index (χ0) is 16.6. The molecule has 0 aliphatic rings. The van der Waals surface area contributed by atoms with Gasteiger partial charge < -0.3 is 29.9 Å². The molecule has 1 rings (SSSR count). The lowest BCUT2D eigenvalue weighted by molar-refractivity contribution is 0.0719. The maximum absolute atomic E-state index is 9.80. The number of methoxy groups -OCH3 is 2. The van der Waals surface area contributed by atoms with Gasteiger partial charge in [0, 0.05) is 6.21 Å². The van der Waals surface area contributed by atoms with Crippen LogP contribution in [0.3, 0.4) is 0 Å². The molecular weight excluding hydrogens is 290 g/mol. The Balaban J connectivity index is 2.95. The Morgan fingerprint density at radius 2 is 1.55 bits per heavy atom. The van der Waals surface area contributed by atoms with Crippen molar-refractivity contribution in [2.24, 2.45) is 4.99 Å². The fourth-order valence-electron chi connectivity index (χ4n) is 1.64. The van der Waals surface area contributed by atoms with Gasteiger partial charge in [-0.2, -0.15) is 0 Å². The highest BCUT2D eigenvalue weighted by Gasteiger charge is 2.25. The van der Waals surface area contributed by atoms with Crippen LogP contribution in [0.25, 0.3) is 6.08 Å². The van der Waals surface area contributed by atoms with Gasteiger partial charge in [-0.05, 0) is 23.8 Å². The third-order valence-corrected chi connectivity index (χ3v) is 3.11. The molecule has 0 saturated heterocycles. The minimum Gasteiger partial charge on any atom is -0.502 e. The Morgan fingerprint density at radius 1 is 1.05 bits per heavy atom. The number of allylic oxidation sites excluding steroid dienone is 1. The molecule has 0 bridgehead atoms. The Kier molecular flexibility index (Phi) is 6.84. The Bertz CT molecular complexity index is 504. The first-order valence-corrected chi connectivity index (χ1v) is 6.55.